The Morgan fingerprint density at radius 2 is 1.89 bits per heavy atom. The molecule has 5 heteroatoms. The van der Waals surface area contributed by atoms with E-state index in [1.807, 2.05) is 25.7 Å². The van der Waals surface area contributed by atoms with Crippen LogP contribution in [0.5, 0.6) is 0 Å². The minimum absolute atomic E-state index is 0.0216. The minimum atomic E-state index is -0.234. The molecule has 2 fully saturated rings. The SMILES string of the molecule is C[SH](C)N1CCC2(CN(C(=O)COC(C)(C)C)C2)C1. The van der Waals surface area contributed by atoms with Gasteiger partial charge in [0.2, 0.25) is 5.91 Å². The molecule has 0 aromatic carbocycles. The quantitative estimate of drug-likeness (QED) is 0.799. The Bertz CT molecular complexity index is 346. The molecule has 4 nitrogen and oxygen atoms in total. The molecule has 112 valence electrons. The van der Waals surface area contributed by atoms with Crippen LogP contribution < -0.4 is 0 Å². The van der Waals surface area contributed by atoms with Crippen LogP contribution in [0.25, 0.3) is 0 Å². The van der Waals surface area contributed by atoms with E-state index in [1.54, 1.807) is 0 Å². The van der Waals surface area contributed by atoms with Gasteiger partial charge in [-0.1, -0.05) is 0 Å². The van der Waals surface area contributed by atoms with Crippen LogP contribution in [-0.4, -0.2) is 66.0 Å². The number of carbonyl (C=O) groups excluding carboxylic acids is 1. The molecular weight excluding hydrogens is 260 g/mol. The minimum Gasteiger partial charge on any atom is -0.366 e. The van der Waals surface area contributed by atoms with Crippen molar-refractivity contribution in [2.45, 2.75) is 32.8 Å². The molecule has 0 bridgehead atoms. The molecule has 0 N–H and O–H groups in total. The third-order valence-corrected chi connectivity index (χ3v) is 5.49. The molecule has 2 saturated heterocycles. The van der Waals surface area contributed by atoms with Crippen LogP contribution in [0.4, 0.5) is 0 Å². The Morgan fingerprint density at radius 3 is 2.37 bits per heavy atom. The van der Waals surface area contributed by atoms with Gasteiger partial charge in [-0.05, 0) is 39.7 Å². The maximum Gasteiger partial charge on any atom is 0.248 e. The van der Waals surface area contributed by atoms with E-state index in [2.05, 4.69) is 16.8 Å². The molecule has 2 rings (SSSR count). The van der Waals surface area contributed by atoms with E-state index in [-0.39, 0.29) is 29.2 Å². The largest absolute Gasteiger partial charge is 0.366 e. The number of hydrogen-bond acceptors (Lipinski definition) is 3. The van der Waals surface area contributed by atoms with Crippen molar-refractivity contribution in [3.8, 4) is 0 Å². The molecule has 0 saturated carbocycles. The number of likely N-dealkylation sites (tertiary alicyclic amines) is 1. The Kier molecular flexibility index (Phi) is 4.19. The summed E-state index contributed by atoms with van der Waals surface area (Å²) in [4.78, 5) is 14.0. The molecule has 0 aromatic heterocycles. The molecular formula is C14H28N2O2S. The van der Waals surface area contributed by atoms with Gasteiger partial charge in [0, 0.05) is 31.6 Å². The highest BCUT2D eigenvalue weighted by molar-refractivity contribution is 8.13. The maximum atomic E-state index is 12.0. The van der Waals surface area contributed by atoms with Gasteiger partial charge in [-0.2, -0.15) is 0 Å². The van der Waals surface area contributed by atoms with Crippen LogP contribution in [0.15, 0.2) is 0 Å². The van der Waals surface area contributed by atoms with E-state index < -0.39 is 0 Å². The maximum absolute atomic E-state index is 12.0. The molecule has 2 aliphatic rings. The molecule has 1 amide bonds. The standard InChI is InChI=1S/C14H28N2O2S/c1-13(2,3)18-8-12(17)15-9-14(10-15)6-7-16(11-14)19(4)5/h19H,6-11H2,1-5H3. The van der Waals surface area contributed by atoms with Crippen molar-refractivity contribution in [3.05, 3.63) is 0 Å². The predicted octanol–water partition coefficient (Wildman–Crippen LogP) is 1.51. The van der Waals surface area contributed by atoms with E-state index in [0.717, 1.165) is 13.1 Å². The summed E-state index contributed by atoms with van der Waals surface area (Å²) in [5.74, 6) is 0.147. The zero-order valence-electron chi connectivity index (χ0n) is 12.9. The Hall–Kier alpha value is -0.260. The number of thiol groups is 1. The van der Waals surface area contributed by atoms with Crippen molar-refractivity contribution in [1.82, 2.24) is 9.21 Å². The summed E-state index contributed by atoms with van der Waals surface area (Å²) in [6.45, 7) is 10.4. The summed E-state index contributed by atoms with van der Waals surface area (Å²) in [6, 6.07) is 0. The van der Waals surface area contributed by atoms with Gasteiger partial charge in [0.25, 0.3) is 0 Å². The lowest BCUT2D eigenvalue weighted by atomic mass is 9.79. The van der Waals surface area contributed by atoms with Crippen molar-refractivity contribution in [3.63, 3.8) is 0 Å². The Balaban J connectivity index is 1.76. The summed E-state index contributed by atoms with van der Waals surface area (Å²) in [5.41, 5.74) is 0.159. The van der Waals surface area contributed by atoms with E-state index >= 15 is 0 Å². The van der Waals surface area contributed by atoms with Crippen LogP contribution in [-0.2, 0) is 9.53 Å². The van der Waals surface area contributed by atoms with E-state index in [1.165, 1.54) is 19.5 Å². The van der Waals surface area contributed by atoms with Crippen molar-refractivity contribution in [2.24, 2.45) is 5.41 Å². The van der Waals surface area contributed by atoms with E-state index in [0.29, 0.717) is 5.41 Å². The fourth-order valence-corrected chi connectivity index (χ4v) is 3.90. The normalized spacial score (nSPS) is 23.6. The lowest BCUT2D eigenvalue weighted by Crippen LogP contribution is -2.60. The fourth-order valence-electron chi connectivity index (χ4n) is 2.82. The predicted molar refractivity (Wildman–Crippen MR) is 81.7 cm³/mol. The van der Waals surface area contributed by atoms with Crippen molar-refractivity contribution in [2.75, 3.05) is 45.3 Å². The molecule has 0 unspecified atom stereocenters. The molecule has 0 atom stereocenters. The molecule has 0 aliphatic carbocycles. The van der Waals surface area contributed by atoms with Gasteiger partial charge in [0.05, 0.1) is 5.60 Å². The van der Waals surface area contributed by atoms with Crippen molar-refractivity contribution >= 4 is 17.0 Å². The van der Waals surface area contributed by atoms with Gasteiger partial charge >= 0.3 is 0 Å². The van der Waals surface area contributed by atoms with Gasteiger partial charge in [0.1, 0.15) is 6.61 Å². The van der Waals surface area contributed by atoms with Crippen LogP contribution in [0.3, 0.4) is 0 Å². The van der Waals surface area contributed by atoms with E-state index in [4.69, 9.17) is 4.74 Å². The van der Waals surface area contributed by atoms with Gasteiger partial charge in [-0.3, -0.25) is 9.10 Å². The highest BCUT2D eigenvalue weighted by Crippen LogP contribution is 2.43. The molecule has 2 heterocycles. The monoisotopic (exact) mass is 288 g/mol. The smallest absolute Gasteiger partial charge is 0.248 e. The molecule has 2 aliphatic heterocycles. The zero-order chi connectivity index (χ0) is 14.3. The topological polar surface area (TPSA) is 32.8 Å². The number of nitrogens with zero attached hydrogens (tertiary/aromatic N) is 2. The van der Waals surface area contributed by atoms with Crippen LogP contribution in [0.2, 0.25) is 0 Å². The number of carbonyl (C=O) groups is 1. The first-order chi connectivity index (χ1) is 8.71. The first-order valence-corrected chi connectivity index (χ1v) is 9.24. The van der Waals surface area contributed by atoms with Gasteiger partial charge < -0.3 is 9.64 Å². The molecule has 1 spiro atoms. The van der Waals surface area contributed by atoms with Gasteiger partial charge in [-0.25, -0.2) is 11.1 Å². The highest BCUT2D eigenvalue weighted by atomic mass is 32.2. The van der Waals surface area contributed by atoms with Crippen LogP contribution in [0, 0.1) is 5.41 Å². The summed E-state index contributed by atoms with van der Waals surface area (Å²) >= 11 is 0.0216. The molecule has 0 aromatic rings. The second-order valence-corrected chi connectivity index (χ2v) is 9.40. The Labute approximate surface area is 119 Å². The average Bonchev–Trinajstić information content (AvgIpc) is 2.67. The first kappa shape index (κ1) is 15.1. The second-order valence-electron chi connectivity index (χ2n) is 7.14. The van der Waals surface area contributed by atoms with Gasteiger partial charge in [0.15, 0.2) is 0 Å². The second kappa shape index (κ2) is 5.26. The third kappa shape index (κ3) is 3.64. The molecule has 19 heavy (non-hydrogen) atoms. The highest BCUT2D eigenvalue weighted by Gasteiger charge is 2.49. The van der Waals surface area contributed by atoms with Crippen LogP contribution >= 0.6 is 11.1 Å². The number of ether oxygens (including phenoxy) is 1. The third-order valence-electron chi connectivity index (χ3n) is 4.02. The molecule has 0 radical (unpaired) electrons. The summed E-state index contributed by atoms with van der Waals surface area (Å²) < 4.78 is 8.15. The zero-order valence-corrected chi connectivity index (χ0v) is 13.8. The Morgan fingerprint density at radius 1 is 1.26 bits per heavy atom. The number of rotatable bonds is 3. The lowest BCUT2D eigenvalue weighted by Gasteiger charge is -2.48. The first-order valence-electron chi connectivity index (χ1n) is 7.05. The summed E-state index contributed by atoms with van der Waals surface area (Å²) in [6.07, 6.45) is 5.87. The van der Waals surface area contributed by atoms with Crippen molar-refractivity contribution in [1.29, 1.82) is 0 Å². The summed E-state index contributed by atoms with van der Waals surface area (Å²) in [7, 11) is 0. The van der Waals surface area contributed by atoms with E-state index in [9.17, 15) is 4.79 Å². The van der Waals surface area contributed by atoms with Crippen LogP contribution in [0.1, 0.15) is 27.2 Å². The summed E-state index contributed by atoms with van der Waals surface area (Å²) in [5, 5.41) is 0. The van der Waals surface area contributed by atoms with Crippen molar-refractivity contribution < 1.29 is 9.53 Å². The average molecular weight is 288 g/mol. The number of hydrogen-bond donors (Lipinski definition) is 1. The van der Waals surface area contributed by atoms with Gasteiger partial charge in [-0.15, -0.1) is 0 Å². The lowest BCUT2D eigenvalue weighted by molar-refractivity contribution is -0.152. The fraction of sp³-hybridized carbons (Fsp3) is 0.929. The number of amides is 1.